The minimum atomic E-state index is -5.05. The van der Waals surface area contributed by atoms with Crippen molar-refractivity contribution in [2.45, 2.75) is 36.3 Å². The number of halogens is 5. The number of rotatable bonds is 6. The van der Waals surface area contributed by atoms with Gasteiger partial charge in [0, 0.05) is 24.6 Å². The summed E-state index contributed by atoms with van der Waals surface area (Å²) < 4.78 is 102. The van der Waals surface area contributed by atoms with E-state index in [0.717, 1.165) is 24.3 Å². The van der Waals surface area contributed by atoms with Crippen molar-refractivity contribution in [1.82, 2.24) is 4.90 Å². The fourth-order valence-electron chi connectivity index (χ4n) is 5.25. The average molecular weight is 560 g/mol. The van der Waals surface area contributed by atoms with Crippen molar-refractivity contribution in [3.63, 3.8) is 0 Å². The second-order valence-corrected chi connectivity index (χ2v) is 11.4. The molecular formula is C24H21F5N2O6S. The molecule has 14 heteroatoms. The number of aromatic carboxylic acids is 1. The Morgan fingerprint density at radius 3 is 2.61 bits per heavy atom. The van der Waals surface area contributed by atoms with Gasteiger partial charge in [0.05, 0.1) is 17.2 Å². The summed E-state index contributed by atoms with van der Waals surface area (Å²) in [5.41, 5.74) is -1.14. The van der Waals surface area contributed by atoms with Crippen LogP contribution in [0.3, 0.4) is 0 Å². The number of amides is 1. The van der Waals surface area contributed by atoms with E-state index in [1.807, 2.05) is 0 Å². The number of fused-ring (bicyclic) bond motifs is 3. The lowest BCUT2D eigenvalue weighted by Crippen LogP contribution is -2.39. The van der Waals surface area contributed by atoms with Gasteiger partial charge in [0.2, 0.25) is 0 Å². The Hall–Kier alpha value is -3.42. The van der Waals surface area contributed by atoms with Crippen molar-refractivity contribution in [2.24, 2.45) is 11.8 Å². The molecule has 0 bridgehead atoms. The van der Waals surface area contributed by atoms with Gasteiger partial charge in [-0.05, 0) is 60.9 Å². The highest BCUT2D eigenvalue weighted by Gasteiger charge is 2.48. The highest BCUT2D eigenvalue weighted by atomic mass is 32.2. The number of benzene rings is 2. The molecule has 1 aliphatic carbocycles. The Bertz CT molecular complexity index is 1440. The van der Waals surface area contributed by atoms with Gasteiger partial charge in [0.1, 0.15) is 22.9 Å². The number of carboxylic acids is 1. The molecule has 2 fully saturated rings. The number of ether oxygens (including phenoxy) is 1. The molecule has 8 nitrogen and oxygen atoms in total. The normalized spacial score (nSPS) is 22.3. The largest absolute Gasteiger partial charge is 0.492 e. The van der Waals surface area contributed by atoms with Crippen LogP contribution in [0.2, 0.25) is 0 Å². The first-order chi connectivity index (χ1) is 17.8. The van der Waals surface area contributed by atoms with E-state index in [1.54, 1.807) is 0 Å². The average Bonchev–Trinajstić information content (AvgIpc) is 3.46. The van der Waals surface area contributed by atoms with Crippen molar-refractivity contribution in [1.29, 1.82) is 0 Å². The number of carbonyl (C=O) groups is 2. The van der Waals surface area contributed by atoms with Crippen molar-refractivity contribution < 1.29 is 49.8 Å². The summed E-state index contributed by atoms with van der Waals surface area (Å²) in [4.78, 5) is 23.7. The number of nitrogens with zero attached hydrogens (tertiary/aromatic N) is 1. The number of nitrogens with one attached hydrogen (secondary N) is 1. The zero-order valence-electron chi connectivity index (χ0n) is 19.5. The minimum absolute atomic E-state index is 0.0703. The molecule has 5 rings (SSSR count). The van der Waals surface area contributed by atoms with Gasteiger partial charge in [0.15, 0.2) is 0 Å². The SMILES string of the molecule is O=C(O)c1c(NS(=O)(=O)c2ccc(F)cc2C[C@@H]2CCN(C(=O)C(F)(F)F)C2)cc(F)c2c1OCC1CC21. The number of hydrogen-bond acceptors (Lipinski definition) is 5. The van der Waals surface area contributed by atoms with Crippen LogP contribution < -0.4 is 9.46 Å². The number of hydrogen-bond donors (Lipinski definition) is 2. The first kappa shape index (κ1) is 26.2. The molecule has 2 heterocycles. The summed E-state index contributed by atoms with van der Waals surface area (Å²) in [6, 6.07) is 3.46. The molecule has 3 aliphatic rings. The molecule has 1 amide bonds. The van der Waals surface area contributed by atoms with E-state index in [1.165, 1.54) is 0 Å². The van der Waals surface area contributed by atoms with E-state index in [4.69, 9.17) is 4.74 Å². The standard InChI is InChI=1S/C24H21F5N2O6S/c25-14-1-2-18(12(6-14)5-11-3-4-31(9-11)23(34)24(27,28)29)38(35,36)30-17-8-16(26)19-15-7-13(15)10-37-21(19)20(17)22(32)33/h1-2,6,8,11,13,15,30H,3-5,7,9-10H2,(H,32,33)/t11-,13?,15?/m0/s1. The summed E-state index contributed by atoms with van der Waals surface area (Å²) in [5.74, 6) is -6.15. The quantitative estimate of drug-likeness (QED) is 0.518. The van der Waals surface area contributed by atoms with E-state index in [2.05, 4.69) is 4.72 Å². The molecule has 204 valence electrons. The van der Waals surface area contributed by atoms with Crippen molar-refractivity contribution in [2.75, 3.05) is 24.4 Å². The molecule has 1 saturated heterocycles. The molecular weight excluding hydrogens is 539 g/mol. The maximum Gasteiger partial charge on any atom is 0.471 e. The molecule has 38 heavy (non-hydrogen) atoms. The second kappa shape index (κ2) is 9.10. The summed E-state index contributed by atoms with van der Waals surface area (Å²) in [6.45, 7) is -0.331. The lowest BCUT2D eigenvalue weighted by atomic mass is 9.98. The number of anilines is 1. The molecule has 2 aliphatic heterocycles. The van der Waals surface area contributed by atoms with Gasteiger partial charge in [0.25, 0.3) is 10.0 Å². The van der Waals surface area contributed by atoms with Gasteiger partial charge in [-0.2, -0.15) is 13.2 Å². The van der Waals surface area contributed by atoms with Crippen molar-refractivity contribution >= 4 is 27.6 Å². The van der Waals surface area contributed by atoms with Gasteiger partial charge in [-0.3, -0.25) is 9.52 Å². The fourth-order valence-corrected chi connectivity index (χ4v) is 6.54. The number of likely N-dealkylation sites (tertiary alicyclic amines) is 1. The van der Waals surface area contributed by atoms with Gasteiger partial charge in [-0.25, -0.2) is 22.0 Å². The minimum Gasteiger partial charge on any atom is -0.492 e. The van der Waals surface area contributed by atoms with Crippen LogP contribution >= 0.6 is 0 Å². The zero-order chi connectivity index (χ0) is 27.6. The summed E-state index contributed by atoms with van der Waals surface area (Å²) >= 11 is 0. The van der Waals surface area contributed by atoms with E-state index < -0.39 is 61.8 Å². The molecule has 0 radical (unpaired) electrons. The zero-order valence-corrected chi connectivity index (χ0v) is 20.3. The number of carboxylic acid groups (broad SMARTS) is 1. The van der Waals surface area contributed by atoms with Crippen LogP contribution in [0.1, 0.15) is 40.2 Å². The Kier molecular flexibility index (Phi) is 6.27. The lowest BCUT2D eigenvalue weighted by Gasteiger charge is -2.22. The highest BCUT2D eigenvalue weighted by molar-refractivity contribution is 7.92. The Morgan fingerprint density at radius 2 is 1.92 bits per heavy atom. The van der Waals surface area contributed by atoms with Crippen LogP contribution in [0.15, 0.2) is 29.2 Å². The van der Waals surface area contributed by atoms with Crippen LogP contribution in [0.4, 0.5) is 27.6 Å². The van der Waals surface area contributed by atoms with Crippen molar-refractivity contribution in [3.8, 4) is 5.75 Å². The Labute approximate surface area is 213 Å². The van der Waals surface area contributed by atoms with Gasteiger partial charge >= 0.3 is 18.1 Å². The van der Waals surface area contributed by atoms with Gasteiger partial charge < -0.3 is 14.7 Å². The Morgan fingerprint density at radius 1 is 1.18 bits per heavy atom. The third-order valence-corrected chi connectivity index (χ3v) is 8.56. The van der Waals surface area contributed by atoms with E-state index in [9.17, 15) is 45.1 Å². The third-order valence-electron chi connectivity index (χ3n) is 7.10. The molecule has 3 atom stereocenters. The van der Waals surface area contributed by atoms with Crippen LogP contribution in [-0.2, 0) is 21.2 Å². The fraction of sp³-hybridized carbons (Fsp3) is 0.417. The smallest absolute Gasteiger partial charge is 0.471 e. The van der Waals surface area contributed by atoms with Crippen LogP contribution in [0.5, 0.6) is 5.75 Å². The third kappa shape index (κ3) is 4.76. The molecule has 2 N–H and O–H groups in total. The molecule has 0 spiro atoms. The maximum absolute atomic E-state index is 14.9. The molecule has 0 aromatic heterocycles. The number of sulfonamides is 1. The molecule has 1 saturated carbocycles. The second-order valence-electron chi connectivity index (χ2n) is 9.71. The molecule has 2 aromatic carbocycles. The van der Waals surface area contributed by atoms with Gasteiger partial charge in [-0.1, -0.05) is 0 Å². The van der Waals surface area contributed by atoms with Crippen LogP contribution in [-0.4, -0.2) is 56.2 Å². The first-order valence-corrected chi connectivity index (χ1v) is 13.1. The van der Waals surface area contributed by atoms with E-state index >= 15 is 0 Å². The van der Waals surface area contributed by atoms with Gasteiger partial charge in [-0.15, -0.1) is 0 Å². The first-order valence-electron chi connectivity index (χ1n) is 11.7. The molecule has 2 unspecified atom stereocenters. The predicted octanol–water partition coefficient (Wildman–Crippen LogP) is 3.91. The van der Waals surface area contributed by atoms with Crippen molar-refractivity contribution in [3.05, 3.63) is 52.6 Å². The monoisotopic (exact) mass is 560 g/mol. The summed E-state index contributed by atoms with van der Waals surface area (Å²) in [6.07, 6.45) is -4.47. The number of alkyl halides is 3. The van der Waals surface area contributed by atoms with E-state index in [0.29, 0.717) is 11.3 Å². The lowest BCUT2D eigenvalue weighted by molar-refractivity contribution is -0.184. The maximum atomic E-state index is 14.9. The predicted molar refractivity (Wildman–Crippen MR) is 121 cm³/mol. The van der Waals surface area contributed by atoms with E-state index in [-0.39, 0.29) is 61.3 Å². The van der Waals surface area contributed by atoms with Crippen LogP contribution in [0, 0.1) is 23.5 Å². The summed E-state index contributed by atoms with van der Waals surface area (Å²) in [5, 5.41) is 9.79. The highest BCUT2D eigenvalue weighted by Crippen LogP contribution is 2.56. The molecule has 2 aromatic rings. The Balaban J connectivity index is 1.44. The van der Waals surface area contributed by atoms with Crippen LogP contribution in [0.25, 0.3) is 0 Å². The number of carbonyl (C=O) groups excluding carboxylic acids is 1. The summed E-state index contributed by atoms with van der Waals surface area (Å²) in [7, 11) is -4.62. The topological polar surface area (TPSA) is 113 Å².